The van der Waals surface area contributed by atoms with Gasteiger partial charge in [0.25, 0.3) is 0 Å². The van der Waals surface area contributed by atoms with Gasteiger partial charge in [-0.2, -0.15) is 0 Å². The van der Waals surface area contributed by atoms with Crippen LogP contribution in [0.2, 0.25) is 0 Å². The van der Waals surface area contributed by atoms with E-state index in [2.05, 4.69) is 49.5 Å². The summed E-state index contributed by atoms with van der Waals surface area (Å²) < 4.78 is 2.35. The molecule has 15 heavy (non-hydrogen) atoms. The molecule has 1 aliphatic rings. The number of imidazole rings is 1. The lowest BCUT2D eigenvalue weighted by Crippen LogP contribution is -2.31. The SMILES string of the molecule is CC1CC(C)n2c(C(C)(C)C)cnc2N1. The normalized spacial score (nSPS) is 25.9. The zero-order chi connectivity index (χ0) is 11.2. The van der Waals surface area contributed by atoms with Crippen LogP contribution in [0.5, 0.6) is 0 Å². The van der Waals surface area contributed by atoms with Gasteiger partial charge in [-0.05, 0) is 20.3 Å². The fraction of sp³-hybridized carbons (Fsp3) is 0.750. The molecule has 0 saturated carbocycles. The van der Waals surface area contributed by atoms with Crippen LogP contribution in [0.4, 0.5) is 5.95 Å². The van der Waals surface area contributed by atoms with E-state index in [1.165, 1.54) is 12.1 Å². The smallest absolute Gasteiger partial charge is 0.203 e. The van der Waals surface area contributed by atoms with Gasteiger partial charge in [-0.15, -0.1) is 0 Å². The summed E-state index contributed by atoms with van der Waals surface area (Å²) in [6, 6.07) is 1.08. The van der Waals surface area contributed by atoms with Crippen molar-refractivity contribution in [3.8, 4) is 0 Å². The van der Waals surface area contributed by atoms with E-state index in [1.807, 2.05) is 6.20 Å². The maximum Gasteiger partial charge on any atom is 0.203 e. The second kappa shape index (κ2) is 3.26. The molecule has 1 aromatic rings. The van der Waals surface area contributed by atoms with Crippen LogP contribution in [0.3, 0.4) is 0 Å². The number of anilines is 1. The topological polar surface area (TPSA) is 29.9 Å². The molecule has 0 saturated heterocycles. The molecule has 2 atom stereocenters. The summed E-state index contributed by atoms with van der Waals surface area (Å²) >= 11 is 0. The lowest BCUT2D eigenvalue weighted by molar-refractivity contribution is 0.409. The van der Waals surface area contributed by atoms with Crippen molar-refractivity contribution in [3.63, 3.8) is 0 Å². The molecule has 0 bridgehead atoms. The third-order valence-corrected chi connectivity index (χ3v) is 3.08. The van der Waals surface area contributed by atoms with Crippen molar-refractivity contribution in [3.05, 3.63) is 11.9 Å². The first-order chi connectivity index (χ1) is 6.89. The Morgan fingerprint density at radius 2 is 2.07 bits per heavy atom. The van der Waals surface area contributed by atoms with Gasteiger partial charge in [0.05, 0.1) is 6.20 Å². The Balaban J connectivity index is 2.46. The van der Waals surface area contributed by atoms with Crippen molar-refractivity contribution < 1.29 is 0 Å². The average Bonchev–Trinajstić information content (AvgIpc) is 2.45. The zero-order valence-corrected chi connectivity index (χ0v) is 10.3. The molecule has 1 N–H and O–H groups in total. The summed E-state index contributed by atoms with van der Waals surface area (Å²) in [6.07, 6.45) is 3.18. The van der Waals surface area contributed by atoms with E-state index in [0.29, 0.717) is 12.1 Å². The van der Waals surface area contributed by atoms with Crippen LogP contribution in [0, 0.1) is 0 Å². The number of nitrogens with one attached hydrogen (secondary N) is 1. The van der Waals surface area contributed by atoms with E-state index in [-0.39, 0.29) is 5.41 Å². The van der Waals surface area contributed by atoms with Gasteiger partial charge in [-0.3, -0.25) is 0 Å². The van der Waals surface area contributed by atoms with Gasteiger partial charge >= 0.3 is 0 Å². The molecular formula is C12H21N3. The van der Waals surface area contributed by atoms with Crippen LogP contribution >= 0.6 is 0 Å². The number of nitrogens with zero attached hydrogens (tertiary/aromatic N) is 2. The maximum absolute atomic E-state index is 4.48. The van der Waals surface area contributed by atoms with Gasteiger partial charge in [0.2, 0.25) is 5.95 Å². The number of rotatable bonds is 0. The van der Waals surface area contributed by atoms with Crippen LogP contribution < -0.4 is 5.32 Å². The third-order valence-electron chi connectivity index (χ3n) is 3.08. The quantitative estimate of drug-likeness (QED) is 0.709. The fourth-order valence-corrected chi connectivity index (χ4v) is 2.37. The Morgan fingerprint density at radius 1 is 1.40 bits per heavy atom. The van der Waals surface area contributed by atoms with Crippen LogP contribution in [0.15, 0.2) is 6.20 Å². The van der Waals surface area contributed by atoms with E-state index >= 15 is 0 Å². The van der Waals surface area contributed by atoms with Crippen LogP contribution in [0.1, 0.15) is 52.8 Å². The predicted molar refractivity (Wildman–Crippen MR) is 63.3 cm³/mol. The molecule has 0 aliphatic carbocycles. The minimum absolute atomic E-state index is 0.168. The van der Waals surface area contributed by atoms with Crippen molar-refractivity contribution in [2.24, 2.45) is 0 Å². The summed E-state index contributed by atoms with van der Waals surface area (Å²) in [5.41, 5.74) is 1.49. The van der Waals surface area contributed by atoms with Crippen molar-refractivity contribution in [2.75, 3.05) is 5.32 Å². The van der Waals surface area contributed by atoms with E-state index in [0.717, 1.165) is 5.95 Å². The third kappa shape index (κ3) is 1.75. The van der Waals surface area contributed by atoms with Crippen molar-refractivity contribution >= 4 is 5.95 Å². The van der Waals surface area contributed by atoms with Gasteiger partial charge in [0.15, 0.2) is 0 Å². The molecule has 1 aromatic heterocycles. The number of hydrogen-bond acceptors (Lipinski definition) is 2. The minimum atomic E-state index is 0.168. The molecule has 0 spiro atoms. The maximum atomic E-state index is 4.48. The van der Waals surface area contributed by atoms with E-state index < -0.39 is 0 Å². The second-order valence-corrected chi connectivity index (χ2v) is 5.72. The van der Waals surface area contributed by atoms with Crippen molar-refractivity contribution in [2.45, 2.75) is 58.5 Å². The molecule has 0 amide bonds. The predicted octanol–water partition coefficient (Wildman–Crippen LogP) is 2.95. The van der Waals surface area contributed by atoms with E-state index in [1.54, 1.807) is 0 Å². The Labute approximate surface area is 91.9 Å². The Bertz CT molecular complexity index is 359. The van der Waals surface area contributed by atoms with Gasteiger partial charge < -0.3 is 9.88 Å². The molecule has 84 valence electrons. The largest absolute Gasteiger partial charge is 0.353 e. The first-order valence-electron chi connectivity index (χ1n) is 5.74. The summed E-state index contributed by atoms with van der Waals surface area (Å²) in [5.74, 6) is 1.03. The molecular weight excluding hydrogens is 186 g/mol. The highest BCUT2D eigenvalue weighted by atomic mass is 15.3. The van der Waals surface area contributed by atoms with Gasteiger partial charge in [0, 0.05) is 23.2 Å². The van der Waals surface area contributed by atoms with Crippen molar-refractivity contribution in [1.82, 2.24) is 9.55 Å². The van der Waals surface area contributed by atoms with Crippen molar-refractivity contribution in [1.29, 1.82) is 0 Å². The second-order valence-electron chi connectivity index (χ2n) is 5.72. The number of fused-ring (bicyclic) bond motifs is 1. The summed E-state index contributed by atoms with van der Waals surface area (Å²) in [4.78, 5) is 4.48. The molecule has 2 unspecified atom stereocenters. The highest BCUT2D eigenvalue weighted by molar-refractivity contribution is 5.36. The highest BCUT2D eigenvalue weighted by Gasteiger charge is 2.28. The molecule has 0 aromatic carbocycles. The Kier molecular flexibility index (Phi) is 2.28. The molecule has 2 rings (SSSR count). The van der Waals surface area contributed by atoms with Crippen LogP contribution in [-0.2, 0) is 5.41 Å². The van der Waals surface area contributed by atoms with Gasteiger partial charge in [-0.25, -0.2) is 4.98 Å². The lowest BCUT2D eigenvalue weighted by atomic mass is 9.91. The van der Waals surface area contributed by atoms with Crippen LogP contribution in [-0.4, -0.2) is 15.6 Å². The molecule has 3 heteroatoms. The van der Waals surface area contributed by atoms with Gasteiger partial charge in [-0.1, -0.05) is 20.8 Å². The highest BCUT2D eigenvalue weighted by Crippen LogP contribution is 2.33. The van der Waals surface area contributed by atoms with E-state index in [4.69, 9.17) is 0 Å². The zero-order valence-electron chi connectivity index (χ0n) is 10.3. The summed E-state index contributed by atoms with van der Waals surface area (Å²) in [6.45, 7) is 11.2. The monoisotopic (exact) mass is 207 g/mol. The summed E-state index contributed by atoms with van der Waals surface area (Å²) in [7, 11) is 0. The molecule has 3 nitrogen and oxygen atoms in total. The lowest BCUT2D eigenvalue weighted by Gasteiger charge is -2.32. The minimum Gasteiger partial charge on any atom is -0.353 e. The number of aromatic nitrogens is 2. The fourth-order valence-electron chi connectivity index (χ4n) is 2.37. The number of hydrogen-bond donors (Lipinski definition) is 1. The first kappa shape index (κ1) is 10.5. The summed E-state index contributed by atoms with van der Waals surface area (Å²) in [5, 5.41) is 3.43. The molecule has 0 radical (unpaired) electrons. The Hall–Kier alpha value is -0.990. The van der Waals surface area contributed by atoms with Gasteiger partial charge in [0.1, 0.15) is 0 Å². The van der Waals surface area contributed by atoms with Crippen LogP contribution in [0.25, 0.3) is 0 Å². The molecule has 0 fully saturated rings. The first-order valence-corrected chi connectivity index (χ1v) is 5.74. The standard InChI is InChI=1S/C12H21N3/c1-8-6-9(2)15-10(12(3,4)5)7-13-11(15)14-8/h7-9H,6H2,1-5H3,(H,13,14). The molecule has 2 heterocycles. The average molecular weight is 207 g/mol. The van der Waals surface area contributed by atoms with E-state index in [9.17, 15) is 0 Å². The Morgan fingerprint density at radius 3 is 2.67 bits per heavy atom. The molecule has 1 aliphatic heterocycles.